The molecule has 0 saturated heterocycles. The van der Waals surface area contributed by atoms with Crippen LogP contribution in [0.2, 0.25) is 0 Å². The fourth-order valence-corrected chi connectivity index (χ4v) is 3.37. The summed E-state index contributed by atoms with van der Waals surface area (Å²) in [6.45, 7) is 2.80. The molecule has 0 radical (unpaired) electrons. The Labute approximate surface area is 122 Å². The van der Waals surface area contributed by atoms with Crippen molar-refractivity contribution < 1.29 is 5.11 Å². The first-order chi connectivity index (χ1) is 9.56. The largest absolute Gasteiger partial charge is 0.389 e. The number of likely N-dealkylation sites (N-methyl/N-ethyl adjacent to an activating group) is 1. The molecule has 2 unspecified atom stereocenters. The van der Waals surface area contributed by atoms with Gasteiger partial charge in [0, 0.05) is 31.0 Å². The molecule has 1 fully saturated rings. The molecule has 0 amide bonds. The van der Waals surface area contributed by atoms with E-state index in [1.807, 2.05) is 24.5 Å². The Bertz CT molecular complexity index is 403. The molecule has 1 aromatic heterocycles. The Kier molecular flexibility index (Phi) is 5.13. The van der Waals surface area contributed by atoms with Crippen molar-refractivity contribution in [2.45, 2.75) is 56.7 Å². The zero-order valence-corrected chi connectivity index (χ0v) is 12.6. The average Bonchev–Trinajstić information content (AvgIpc) is 2.86. The van der Waals surface area contributed by atoms with E-state index in [2.05, 4.69) is 23.9 Å². The van der Waals surface area contributed by atoms with Gasteiger partial charge >= 0.3 is 0 Å². The van der Waals surface area contributed by atoms with Crippen LogP contribution in [0.3, 0.4) is 0 Å². The second-order valence-corrected chi connectivity index (χ2v) is 6.14. The highest BCUT2D eigenvalue weighted by Crippen LogP contribution is 2.33. The molecule has 1 aliphatic carbocycles. The summed E-state index contributed by atoms with van der Waals surface area (Å²) in [6.07, 6.45) is 8.60. The van der Waals surface area contributed by atoms with Gasteiger partial charge in [0.1, 0.15) is 0 Å². The maximum atomic E-state index is 10.6. The van der Waals surface area contributed by atoms with Crippen LogP contribution in [0, 0.1) is 0 Å². The highest BCUT2D eigenvalue weighted by atomic mass is 16.3. The van der Waals surface area contributed by atoms with Gasteiger partial charge in [-0.15, -0.1) is 0 Å². The predicted octanol–water partition coefficient (Wildman–Crippen LogP) is 2.10. The molecule has 1 aromatic rings. The molecule has 4 nitrogen and oxygen atoms in total. The Morgan fingerprint density at radius 1 is 1.35 bits per heavy atom. The highest BCUT2D eigenvalue weighted by molar-refractivity contribution is 5.17. The van der Waals surface area contributed by atoms with Crippen molar-refractivity contribution in [3.8, 4) is 0 Å². The summed E-state index contributed by atoms with van der Waals surface area (Å²) in [5.74, 6) is 0. The van der Waals surface area contributed by atoms with E-state index in [-0.39, 0.29) is 12.1 Å². The number of nitrogens with zero attached hydrogens (tertiary/aromatic N) is 2. The number of hydrogen-bond acceptors (Lipinski definition) is 4. The van der Waals surface area contributed by atoms with E-state index in [1.165, 1.54) is 5.56 Å². The standard InChI is InChI=1S/C16H27N3O/c1-3-14(17)15(13-6-10-18-11-7-13)19(2)12-16(20)8-4-5-9-16/h6-7,10-11,14-15,20H,3-5,8-9,12,17H2,1-2H3. The maximum absolute atomic E-state index is 10.6. The minimum absolute atomic E-state index is 0.0624. The van der Waals surface area contributed by atoms with Crippen molar-refractivity contribution in [3.63, 3.8) is 0 Å². The molecule has 4 heteroatoms. The lowest BCUT2D eigenvalue weighted by atomic mass is 9.94. The van der Waals surface area contributed by atoms with Crippen LogP contribution in [0.5, 0.6) is 0 Å². The van der Waals surface area contributed by atoms with Gasteiger partial charge < -0.3 is 10.8 Å². The summed E-state index contributed by atoms with van der Waals surface area (Å²) in [7, 11) is 2.07. The van der Waals surface area contributed by atoms with Gasteiger partial charge in [0.05, 0.1) is 5.60 Å². The van der Waals surface area contributed by atoms with E-state index in [4.69, 9.17) is 5.73 Å². The molecule has 0 bridgehead atoms. The van der Waals surface area contributed by atoms with Gasteiger partial charge in [0.15, 0.2) is 0 Å². The molecule has 0 aliphatic heterocycles. The van der Waals surface area contributed by atoms with Crippen molar-refractivity contribution in [1.82, 2.24) is 9.88 Å². The minimum Gasteiger partial charge on any atom is -0.389 e. The van der Waals surface area contributed by atoms with Gasteiger partial charge in [-0.1, -0.05) is 19.8 Å². The second kappa shape index (κ2) is 6.66. The topological polar surface area (TPSA) is 62.4 Å². The summed E-state index contributed by atoms with van der Waals surface area (Å²) >= 11 is 0. The second-order valence-electron chi connectivity index (χ2n) is 6.14. The van der Waals surface area contributed by atoms with Gasteiger partial charge in [-0.2, -0.15) is 0 Å². The van der Waals surface area contributed by atoms with Crippen LogP contribution in [0.25, 0.3) is 0 Å². The molecule has 2 atom stereocenters. The summed E-state index contributed by atoms with van der Waals surface area (Å²) in [4.78, 5) is 6.30. The Morgan fingerprint density at radius 2 is 1.95 bits per heavy atom. The molecule has 2 rings (SSSR count). The van der Waals surface area contributed by atoms with Crippen molar-refractivity contribution in [3.05, 3.63) is 30.1 Å². The Hall–Kier alpha value is -0.970. The summed E-state index contributed by atoms with van der Waals surface area (Å²) in [5, 5.41) is 10.6. The van der Waals surface area contributed by atoms with Gasteiger partial charge in [-0.25, -0.2) is 0 Å². The van der Waals surface area contributed by atoms with Crippen molar-refractivity contribution in [2.75, 3.05) is 13.6 Å². The van der Waals surface area contributed by atoms with Gasteiger partial charge in [-0.3, -0.25) is 9.88 Å². The lowest BCUT2D eigenvalue weighted by Gasteiger charge is -2.37. The number of pyridine rings is 1. The van der Waals surface area contributed by atoms with Crippen LogP contribution >= 0.6 is 0 Å². The summed E-state index contributed by atoms with van der Waals surface area (Å²) in [5.41, 5.74) is 6.97. The molecular weight excluding hydrogens is 250 g/mol. The third-order valence-electron chi connectivity index (χ3n) is 4.48. The number of aliphatic hydroxyl groups is 1. The molecule has 1 saturated carbocycles. The van der Waals surface area contributed by atoms with Crippen molar-refractivity contribution in [1.29, 1.82) is 0 Å². The van der Waals surface area contributed by atoms with Crippen molar-refractivity contribution >= 4 is 0 Å². The molecule has 1 aliphatic rings. The monoisotopic (exact) mass is 277 g/mol. The first-order valence-corrected chi connectivity index (χ1v) is 7.64. The maximum Gasteiger partial charge on any atom is 0.0774 e. The predicted molar refractivity (Wildman–Crippen MR) is 81.3 cm³/mol. The number of nitrogens with two attached hydrogens (primary N) is 1. The zero-order valence-electron chi connectivity index (χ0n) is 12.6. The molecule has 0 aromatic carbocycles. The van der Waals surface area contributed by atoms with E-state index in [1.54, 1.807) is 0 Å². The van der Waals surface area contributed by atoms with Crippen LogP contribution in [-0.2, 0) is 0 Å². The van der Waals surface area contributed by atoms with E-state index >= 15 is 0 Å². The molecule has 1 heterocycles. The van der Waals surface area contributed by atoms with Crippen molar-refractivity contribution in [2.24, 2.45) is 5.73 Å². The first kappa shape index (κ1) is 15.4. The van der Waals surface area contributed by atoms with E-state index in [9.17, 15) is 5.11 Å². The Morgan fingerprint density at radius 3 is 2.50 bits per heavy atom. The van der Waals surface area contributed by atoms with Crippen LogP contribution in [0.4, 0.5) is 0 Å². The molecular formula is C16H27N3O. The summed E-state index contributed by atoms with van der Waals surface area (Å²) < 4.78 is 0. The quantitative estimate of drug-likeness (QED) is 0.836. The normalized spacial score (nSPS) is 21.1. The van der Waals surface area contributed by atoms with Gasteiger partial charge in [-0.05, 0) is 44.0 Å². The molecule has 3 N–H and O–H groups in total. The van der Waals surface area contributed by atoms with E-state index < -0.39 is 5.60 Å². The van der Waals surface area contributed by atoms with Gasteiger partial charge in [0.25, 0.3) is 0 Å². The number of rotatable bonds is 6. The fourth-order valence-electron chi connectivity index (χ4n) is 3.37. The lowest BCUT2D eigenvalue weighted by Crippen LogP contribution is -2.46. The fraction of sp³-hybridized carbons (Fsp3) is 0.688. The van der Waals surface area contributed by atoms with Crippen LogP contribution < -0.4 is 5.73 Å². The smallest absolute Gasteiger partial charge is 0.0774 e. The average molecular weight is 277 g/mol. The minimum atomic E-state index is -0.534. The molecule has 20 heavy (non-hydrogen) atoms. The lowest BCUT2D eigenvalue weighted by molar-refractivity contribution is 0.00164. The third kappa shape index (κ3) is 3.57. The molecule has 112 valence electrons. The van der Waals surface area contributed by atoms with Gasteiger partial charge in [0.2, 0.25) is 0 Å². The summed E-state index contributed by atoms with van der Waals surface area (Å²) in [6, 6.07) is 4.24. The Balaban J connectivity index is 2.14. The highest BCUT2D eigenvalue weighted by Gasteiger charge is 2.35. The zero-order chi connectivity index (χ0) is 14.6. The van der Waals surface area contributed by atoms with E-state index in [0.29, 0.717) is 6.54 Å². The molecule has 0 spiro atoms. The van der Waals surface area contributed by atoms with Crippen LogP contribution in [0.15, 0.2) is 24.5 Å². The number of aromatic nitrogens is 1. The van der Waals surface area contributed by atoms with E-state index in [0.717, 1.165) is 32.1 Å². The number of hydrogen-bond donors (Lipinski definition) is 2. The van der Waals surface area contributed by atoms with Crippen LogP contribution in [0.1, 0.15) is 50.6 Å². The van der Waals surface area contributed by atoms with Crippen LogP contribution in [-0.4, -0.2) is 40.2 Å². The SMILES string of the molecule is CCC(N)C(c1ccncc1)N(C)CC1(O)CCCC1. The first-order valence-electron chi connectivity index (χ1n) is 7.64. The third-order valence-corrected chi connectivity index (χ3v) is 4.48.